The maximum Gasteiger partial charge on any atom is 0.407 e. The maximum absolute atomic E-state index is 10.4. The minimum absolute atomic E-state index is 0.369. The summed E-state index contributed by atoms with van der Waals surface area (Å²) < 4.78 is 8.98. The van der Waals surface area contributed by atoms with E-state index in [2.05, 4.69) is 40.0 Å². The highest BCUT2D eigenvalue weighted by Crippen LogP contribution is 1.86. The average molecular weight is 269 g/mol. The summed E-state index contributed by atoms with van der Waals surface area (Å²) in [6.45, 7) is 5.14. The van der Waals surface area contributed by atoms with E-state index in [1.54, 1.807) is 6.92 Å². The van der Waals surface area contributed by atoms with E-state index in [0.29, 0.717) is 25.5 Å². The van der Waals surface area contributed by atoms with Crippen LogP contribution in [0.2, 0.25) is 0 Å². The molecule has 0 saturated carbocycles. The molecule has 0 saturated heterocycles. The molecule has 0 aliphatic rings. The van der Waals surface area contributed by atoms with Gasteiger partial charge in [-0.1, -0.05) is 19.6 Å². The number of nitrogens with one attached hydrogen (secondary N) is 1. The minimum atomic E-state index is -0.498. The zero-order valence-electron chi connectivity index (χ0n) is 9.56. The molecule has 0 radical (unpaired) electrons. The van der Waals surface area contributed by atoms with Crippen molar-refractivity contribution in [3.8, 4) is 0 Å². The molecule has 5 nitrogen and oxygen atoms in total. The Hall–Kier alpha value is -0.560. The molecule has 0 aromatic carbocycles. The van der Waals surface area contributed by atoms with E-state index in [0.717, 1.165) is 6.42 Å². The molecule has 0 aliphatic heterocycles. The van der Waals surface area contributed by atoms with Crippen LogP contribution in [0.5, 0.6) is 0 Å². The van der Waals surface area contributed by atoms with Gasteiger partial charge in [-0.25, -0.2) is 9.59 Å². The van der Waals surface area contributed by atoms with Gasteiger partial charge in [0.05, 0.1) is 13.2 Å². The van der Waals surface area contributed by atoms with Gasteiger partial charge in [-0.05, 0) is 13.3 Å². The number of hydrogen-bond acceptors (Lipinski definition) is 5. The van der Waals surface area contributed by atoms with Gasteiger partial charge in [-0.3, -0.25) is 0 Å². The van der Waals surface area contributed by atoms with Gasteiger partial charge >= 0.3 is 11.4 Å². The van der Waals surface area contributed by atoms with Gasteiger partial charge in [0.2, 0.25) is 0 Å². The second kappa shape index (κ2) is 14.4. The second-order valence-electron chi connectivity index (χ2n) is 2.49. The van der Waals surface area contributed by atoms with Crippen molar-refractivity contribution < 1.29 is 19.1 Å². The van der Waals surface area contributed by atoms with Crippen LogP contribution in [0.15, 0.2) is 0 Å². The molecule has 1 N–H and O–H groups in total. The fourth-order valence-corrected chi connectivity index (χ4v) is 0.733. The number of alkyl carbamates (subject to hydrolysis) is 1. The highest BCUT2D eigenvalue weighted by molar-refractivity contribution is 7.96. The van der Waals surface area contributed by atoms with Gasteiger partial charge in [0.25, 0.3) is 0 Å². The molecule has 1 amide bonds. The van der Waals surface area contributed by atoms with E-state index in [1.807, 2.05) is 6.92 Å². The first-order valence-electron chi connectivity index (χ1n) is 4.95. The molecule has 0 aliphatic carbocycles. The lowest BCUT2D eigenvalue weighted by Crippen LogP contribution is -2.25. The van der Waals surface area contributed by atoms with Crippen LogP contribution in [0.25, 0.3) is 0 Å². The van der Waals surface area contributed by atoms with Crippen molar-refractivity contribution in [1.29, 1.82) is 0 Å². The summed E-state index contributed by atoms with van der Waals surface area (Å²) in [5.74, 6) is 0.638. The molecule has 0 unspecified atom stereocenters. The smallest absolute Gasteiger partial charge is 0.407 e. The van der Waals surface area contributed by atoms with E-state index >= 15 is 0 Å². The first-order chi connectivity index (χ1) is 7.58. The van der Waals surface area contributed by atoms with Crippen molar-refractivity contribution in [3.63, 3.8) is 0 Å². The number of rotatable bonds is 5. The predicted molar refractivity (Wildman–Crippen MR) is 69.5 cm³/mol. The summed E-state index contributed by atoms with van der Waals surface area (Å²) >= 11 is 7.26. The Morgan fingerprint density at radius 3 is 2.19 bits per heavy atom. The molecule has 0 rings (SSSR count). The van der Waals surface area contributed by atoms with E-state index in [9.17, 15) is 9.59 Å². The summed E-state index contributed by atoms with van der Waals surface area (Å²) in [6, 6.07) is 0. The number of thiol groups is 2. The molecule has 0 bridgehead atoms. The Kier molecular flexibility index (Phi) is 16.1. The Morgan fingerprint density at radius 2 is 1.88 bits per heavy atom. The number of carbonyl (C=O) groups excluding carboxylic acids is 2. The zero-order valence-corrected chi connectivity index (χ0v) is 11.4. The van der Waals surface area contributed by atoms with Crippen LogP contribution in [0.1, 0.15) is 20.3 Å². The molecule has 0 aromatic rings. The topological polar surface area (TPSA) is 64.6 Å². The van der Waals surface area contributed by atoms with Crippen LogP contribution in [-0.4, -0.2) is 36.9 Å². The van der Waals surface area contributed by atoms with E-state index in [1.165, 1.54) is 0 Å². The van der Waals surface area contributed by atoms with Gasteiger partial charge in [0.1, 0.15) is 0 Å². The monoisotopic (exact) mass is 269 g/mol. The van der Waals surface area contributed by atoms with E-state index in [-0.39, 0.29) is 6.09 Å². The second-order valence-corrected chi connectivity index (χ2v) is 3.30. The fourth-order valence-electron chi connectivity index (χ4n) is 0.529. The summed E-state index contributed by atoms with van der Waals surface area (Å²) in [4.78, 5) is 20.3. The van der Waals surface area contributed by atoms with Crippen molar-refractivity contribution in [2.24, 2.45) is 0 Å². The SMILES string of the molecule is CCCOC(=O)S.CCOC(=O)NCCS. The Labute approximate surface area is 107 Å². The molecule has 7 heteroatoms. The Balaban J connectivity index is 0. The van der Waals surface area contributed by atoms with Crippen molar-refractivity contribution >= 4 is 36.7 Å². The van der Waals surface area contributed by atoms with Crippen LogP contribution >= 0.6 is 25.3 Å². The van der Waals surface area contributed by atoms with Crippen molar-refractivity contribution in [1.82, 2.24) is 5.32 Å². The highest BCUT2D eigenvalue weighted by Gasteiger charge is 1.94. The third kappa shape index (κ3) is 19.1. The largest absolute Gasteiger partial charge is 0.458 e. The lowest BCUT2D eigenvalue weighted by molar-refractivity contribution is 0.153. The third-order valence-corrected chi connectivity index (χ3v) is 1.44. The summed E-state index contributed by atoms with van der Waals surface area (Å²) in [5.41, 5.74) is 0. The molecule has 96 valence electrons. The molecule has 0 aromatic heterocycles. The predicted octanol–water partition coefficient (Wildman–Crippen LogP) is 2.13. The van der Waals surface area contributed by atoms with Crippen molar-refractivity contribution in [3.05, 3.63) is 0 Å². The number of ether oxygens (including phenoxy) is 2. The molecule has 0 fully saturated rings. The molecule has 0 atom stereocenters. The van der Waals surface area contributed by atoms with Gasteiger partial charge < -0.3 is 14.8 Å². The van der Waals surface area contributed by atoms with Crippen LogP contribution in [-0.2, 0) is 9.47 Å². The quantitative estimate of drug-likeness (QED) is 0.528. The fraction of sp³-hybridized carbons (Fsp3) is 0.778. The zero-order chi connectivity index (χ0) is 12.8. The van der Waals surface area contributed by atoms with Crippen molar-refractivity contribution in [2.75, 3.05) is 25.5 Å². The standard InChI is InChI=1S/C5H11NO2S.C4H8O2S/c1-2-8-5(7)6-3-4-9;1-2-3-6-4(5)7/h9H,2-4H2,1H3,(H,6,7);2-3H2,1H3,(H,5,7). The van der Waals surface area contributed by atoms with Crippen LogP contribution in [0, 0.1) is 0 Å². The van der Waals surface area contributed by atoms with Gasteiger partial charge in [-0.2, -0.15) is 12.6 Å². The molecular weight excluding hydrogens is 250 g/mol. The van der Waals surface area contributed by atoms with Crippen LogP contribution in [0.3, 0.4) is 0 Å². The maximum atomic E-state index is 10.4. The first-order valence-corrected chi connectivity index (χ1v) is 6.03. The van der Waals surface area contributed by atoms with Crippen LogP contribution < -0.4 is 5.32 Å². The summed E-state index contributed by atoms with van der Waals surface area (Å²) in [7, 11) is 0. The number of amides is 1. The third-order valence-electron chi connectivity index (χ3n) is 1.09. The van der Waals surface area contributed by atoms with Gasteiger partial charge in [0.15, 0.2) is 0 Å². The number of hydrogen-bond donors (Lipinski definition) is 3. The van der Waals surface area contributed by atoms with E-state index < -0.39 is 5.30 Å². The summed E-state index contributed by atoms with van der Waals surface area (Å²) in [5, 5.41) is 2.00. The van der Waals surface area contributed by atoms with Gasteiger partial charge in [0, 0.05) is 12.3 Å². The first kappa shape index (κ1) is 17.8. The lowest BCUT2D eigenvalue weighted by atomic mass is 10.5. The molecular formula is C9H19NO4S2. The molecule has 16 heavy (non-hydrogen) atoms. The average Bonchev–Trinajstić information content (AvgIpc) is 2.25. The highest BCUT2D eigenvalue weighted by atomic mass is 32.1. The Bertz CT molecular complexity index is 190. The number of carbonyl (C=O) groups is 2. The molecule has 0 heterocycles. The summed E-state index contributed by atoms with van der Waals surface area (Å²) in [6.07, 6.45) is 0.485. The van der Waals surface area contributed by atoms with E-state index in [4.69, 9.17) is 0 Å². The van der Waals surface area contributed by atoms with Gasteiger partial charge in [-0.15, -0.1) is 0 Å². The minimum Gasteiger partial charge on any atom is -0.458 e. The van der Waals surface area contributed by atoms with Crippen molar-refractivity contribution in [2.45, 2.75) is 20.3 Å². The molecule has 0 spiro atoms. The Morgan fingerprint density at radius 1 is 1.25 bits per heavy atom. The normalized spacial score (nSPS) is 8.50. The van der Waals surface area contributed by atoms with Crippen LogP contribution in [0.4, 0.5) is 9.59 Å². The lowest BCUT2D eigenvalue weighted by Gasteiger charge is -2.01.